The number of carboxylic acids is 1. The van der Waals surface area contributed by atoms with Gasteiger partial charge in [-0.3, -0.25) is 9.59 Å². The van der Waals surface area contributed by atoms with Crippen LogP contribution in [0.5, 0.6) is 0 Å². The van der Waals surface area contributed by atoms with E-state index in [1.165, 1.54) is 6.92 Å². The second-order valence-electron chi connectivity index (χ2n) is 11.2. The van der Waals surface area contributed by atoms with Crippen molar-refractivity contribution >= 4 is 46.0 Å². The van der Waals surface area contributed by atoms with Gasteiger partial charge in [-0.1, -0.05) is 62.2 Å². The number of esters is 1. The standard InChI is InChI=1S/C34H33ClN2O6/c1-6-18(3)12-13-21-15-23-24(17-37(21)26(32(40)41)14-20-16-36-25-11-9-8-10-22(20)25)28-27(30(38)19(4)7-2)33(42)43-34(28,5)31(39)29(23)35/h7-13,15-18,26,36H,6,14H2,1-5H3,(H,40,41)/b13-12+,19-7+/t18-,26-,34-/m0/s1. The van der Waals surface area contributed by atoms with Gasteiger partial charge in [-0.05, 0) is 56.0 Å². The van der Waals surface area contributed by atoms with Gasteiger partial charge in [0.15, 0.2) is 11.4 Å². The molecule has 8 nitrogen and oxygen atoms in total. The summed E-state index contributed by atoms with van der Waals surface area (Å²) in [6, 6.07) is 6.57. The van der Waals surface area contributed by atoms with Crippen molar-refractivity contribution in [1.82, 2.24) is 9.88 Å². The molecule has 1 aromatic carbocycles. The molecule has 0 spiro atoms. The summed E-state index contributed by atoms with van der Waals surface area (Å²) >= 11 is 6.66. The fourth-order valence-electron chi connectivity index (χ4n) is 5.63. The van der Waals surface area contributed by atoms with Gasteiger partial charge >= 0.3 is 11.9 Å². The number of aromatic amines is 1. The van der Waals surface area contributed by atoms with Crippen LogP contribution in [0, 0.1) is 5.92 Å². The summed E-state index contributed by atoms with van der Waals surface area (Å²) in [6.45, 7) is 8.76. The molecule has 5 rings (SSSR count). The molecule has 2 N–H and O–H groups in total. The SMILES string of the molecule is C/C=C(\C)C(=O)C1=C2C3=CN([C@@H](Cc4c[nH]c5ccccc45)C(=O)O)C(/C=C/[C@@H](C)CC)=CC3=C(Cl)C(=O)[C@@]2(C)OC1=O. The van der Waals surface area contributed by atoms with E-state index in [9.17, 15) is 24.3 Å². The Morgan fingerprint density at radius 2 is 1.95 bits per heavy atom. The number of carbonyl (C=O) groups excluding carboxylic acids is 3. The first-order valence-electron chi connectivity index (χ1n) is 14.2. The Bertz CT molecular complexity index is 1770. The average Bonchev–Trinajstić information content (AvgIpc) is 3.53. The van der Waals surface area contributed by atoms with Crippen LogP contribution in [0.4, 0.5) is 0 Å². The van der Waals surface area contributed by atoms with Crippen molar-refractivity contribution in [3.8, 4) is 0 Å². The number of allylic oxidation sites excluding steroid dienone is 6. The number of halogens is 1. The molecule has 1 aromatic heterocycles. The van der Waals surface area contributed by atoms with Crippen molar-refractivity contribution in [1.29, 1.82) is 0 Å². The summed E-state index contributed by atoms with van der Waals surface area (Å²) in [4.78, 5) is 58.0. The third-order valence-electron chi connectivity index (χ3n) is 8.48. The van der Waals surface area contributed by atoms with Gasteiger partial charge in [-0.2, -0.15) is 0 Å². The first-order chi connectivity index (χ1) is 20.4. The van der Waals surface area contributed by atoms with Gasteiger partial charge in [-0.25, -0.2) is 9.59 Å². The summed E-state index contributed by atoms with van der Waals surface area (Å²) in [5.74, 6) is -3.01. The highest BCUT2D eigenvalue weighted by molar-refractivity contribution is 6.46. The lowest BCUT2D eigenvalue weighted by molar-refractivity contribution is -0.153. The topological polar surface area (TPSA) is 117 Å². The van der Waals surface area contributed by atoms with E-state index in [-0.39, 0.29) is 28.5 Å². The van der Waals surface area contributed by atoms with Crippen LogP contribution in [0.25, 0.3) is 10.9 Å². The molecule has 1 aliphatic carbocycles. The van der Waals surface area contributed by atoms with Crippen LogP contribution in [0.2, 0.25) is 0 Å². The average molecular weight is 601 g/mol. The molecule has 0 radical (unpaired) electrons. The highest BCUT2D eigenvalue weighted by Gasteiger charge is 2.57. The molecule has 0 saturated heterocycles. The van der Waals surface area contributed by atoms with E-state index in [2.05, 4.69) is 4.98 Å². The first-order valence-corrected chi connectivity index (χ1v) is 14.6. The Balaban J connectivity index is 1.74. The minimum absolute atomic E-state index is 0.0931. The van der Waals surface area contributed by atoms with Gasteiger partial charge in [0, 0.05) is 52.1 Å². The van der Waals surface area contributed by atoms with E-state index >= 15 is 0 Å². The van der Waals surface area contributed by atoms with Crippen LogP contribution < -0.4 is 0 Å². The first kappa shape index (κ1) is 30.0. The van der Waals surface area contributed by atoms with Gasteiger partial charge < -0.3 is 19.7 Å². The Hall–Kier alpha value is -4.43. The molecule has 3 aliphatic rings. The van der Waals surface area contributed by atoms with Crippen LogP contribution in [-0.4, -0.2) is 50.1 Å². The van der Waals surface area contributed by atoms with Crippen molar-refractivity contribution in [2.24, 2.45) is 5.92 Å². The zero-order valence-electron chi connectivity index (χ0n) is 24.7. The number of hydrogen-bond acceptors (Lipinski definition) is 6. The zero-order chi connectivity index (χ0) is 31.2. The van der Waals surface area contributed by atoms with Crippen molar-refractivity contribution < 1.29 is 29.0 Å². The van der Waals surface area contributed by atoms with E-state index in [0.29, 0.717) is 22.4 Å². The largest absolute Gasteiger partial charge is 0.480 e. The molecular formula is C34H33ClN2O6. The second-order valence-corrected chi connectivity index (χ2v) is 11.6. The molecule has 2 aromatic rings. The number of aromatic nitrogens is 1. The Labute approximate surface area is 254 Å². The molecule has 2 aliphatic heterocycles. The number of rotatable bonds is 9. The third kappa shape index (κ3) is 4.99. The number of carbonyl (C=O) groups is 4. The molecule has 3 atom stereocenters. The van der Waals surface area contributed by atoms with E-state index in [0.717, 1.165) is 22.9 Å². The second kappa shape index (κ2) is 11.3. The smallest absolute Gasteiger partial charge is 0.343 e. The van der Waals surface area contributed by atoms with Gasteiger partial charge in [0.1, 0.15) is 11.6 Å². The number of hydrogen-bond donors (Lipinski definition) is 2. The highest BCUT2D eigenvalue weighted by atomic mass is 35.5. The predicted molar refractivity (Wildman–Crippen MR) is 164 cm³/mol. The van der Waals surface area contributed by atoms with E-state index < -0.39 is 35.1 Å². The Morgan fingerprint density at radius 3 is 2.63 bits per heavy atom. The van der Waals surface area contributed by atoms with Crippen molar-refractivity contribution in [2.45, 2.75) is 59.1 Å². The molecular weight excluding hydrogens is 568 g/mol. The number of nitrogens with one attached hydrogen (secondary N) is 1. The number of benzene rings is 1. The summed E-state index contributed by atoms with van der Waals surface area (Å²) < 4.78 is 5.57. The lowest BCUT2D eigenvalue weighted by Crippen LogP contribution is -2.45. The summed E-state index contributed by atoms with van der Waals surface area (Å²) in [7, 11) is 0. The summed E-state index contributed by atoms with van der Waals surface area (Å²) in [5, 5.41) is 11.3. The van der Waals surface area contributed by atoms with Crippen LogP contribution >= 0.6 is 11.6 Å². The summed E-state index contributed by atoms with van der Waals surface area (Å²) in [6.07, 6.45) is 11.4. The molecule has 0 fully saturated rings. The number of para-hydroxylation sites is 1. The number of ketones is 2. The maximum absolute atomic E-state index is 13.6. The zero-order valence-corrected chi connectivity index (χ0v) is 25.4. The highest BCUT2D eigenvalue weighted by Crippen LogP contribution is 2.50. The Morgan fingerprint density at radius 1 is 1.23 bits per heavy atom. The van der Waals surface area contributed by atoms with Gasteiger partial charge in [0.05, 0.1) is 5.03 Å². The van der Waals surface area contributed by atoms with E-state index in [4.69, 9.17) is 16.3 Å². The maximum atomic E-state index is 13.6. The normalized spacial score (nSPS) is 22.0. The summed E-state index contributed by atoms with van der Waals surface area (Å²) in [5.41, 5.74) is 1.12. The molecule has 0 saturated carbocycles. The number of ether oxygens (including phenoxy) is 1. The molecule has 0 amide bonds. The molecule has 222 valence electrons. The molecule has 0 bridgehead atoms. The van der Waals surface area contributed by atoms with Crippen molar-refractivity contribution in [3.63, 3.8) is 0 Å². The minimum atomic E-state index is -1.83. The number of Topliss-reactive ketones (excluding diaryl/α,β-unsaturated/α-hetero) is 2. The number of aliphatic carboxylic acids is 1. The monoisotopic (exact) mass is 600 g/mol. The number of carboxylic acid groups (broad SMARTS) is 1. The number of H-pyrrole nitrogens is 1. The van der Waals surface area contributed by atoms with Crippen LogP contribution in [-0.2, 0) is 30.3 Å². The fourth-order valence-corrected chi connectivity index (χ4v) is 5.96. The quantitative estimate of drug-likeness (QED) is 0.204. The fraction of sp³-hybridized carbons (Fsp3) is 0.294. The van der Waals surface area contributed by atoms with Gasteiger partial charge in [-0.15, -0.1) is 0 Å². The van der Waals surface area contributed by atoms with Gasteiger partial charge in [0.2, 0.25) is 5.78 Å². The molecule has 43 heavy (non-hydrogen) atoms. The predicted octanol–water partition coefficient (Wildman–Crippen LogP) is 6.07. The third-order valence-corrected chi connectivity index (χ3v) is 8.86. The molecule has 3 heterocycles. The molecule has 9 heteroatoms. The maximum Gasteiger partial charge on any atom is 0.343 e. The minimum Gasteiger partial charge on any atom is -0.480 e. The van der Waals surface area contributed by atoms with Crippen molar-refractivity contribution in [3.05, 3.63) is 105 Å². The van der Waals surface area contributed by atoms with E-state index in [1.807, 2.05) is 50.3 Å². The van der Waals surface area contributed by atoms with Crippen LogP contribution in [0.3, 0.4) is 0 Å². The lowest BCUT2D eigenvalue weighted by atomic mass is 9.74. The van der Waals surface area contributed by atoms with Crippen LogP contribution in [0.15, 0.2) is 99.6 Å². The number of fused-ring (bicyclic) bond motifs is 4. The van der Waals surface area contributed by atoms with Crippen molar-refractivity contribution in [2.75, 3.05) is 0 Å². The molecule has 0 unspecified atom stereocenters. The lowest BCUT2D eigenvalue weighted by Gasteiger charge is -2.38. The number of nitrogens with zero attached hydrogens (tertiary/aromatic N) is 1. The van der Waals surface area contributed by atoms with Gasteiger partial charge in [0.25, 0.3) is 0 Å². The van der Waals surface area contributed by atoms with Crippen LogP contribution in [0.1, 0.15) is 46.6 Å². The van der Waals surface area contributed by atoms with E-state index in [1.54, 1.807) is 43.3 Å². The Kier molecular flexibility index (Phi) is 7.92.